The van der Waals surface area contributed by atoms with Crippen molar-refractivity contribution in [2.75, 3.05) is 19.4 Å². The van der Waals surface area contributed by atoms with Gasteiger partial charge in [0.2, 0.25) is 0 Å². The third-order valence-corrected chi connectivity index (χ3v) is 9.93. The predicted molar refractivity (Wildman–Crippen MR) is 165 cm³/mol. The smallest absolute Gasteiger partial charge is 0.380 e. The maximum absolute atomic E-state index is 14.6. The van der Waals surface area contributed by atoms with Gasteiger partial charge >= 0.3 is 19.3 Å². The number of benzene rings is 3. The zero-order valence-corrected chi connectivity index (χ0v) is 25.6. The van der Waals surface area contributed by atoms with E-state index >= 15 is 0 Å². The third kappa shape index (κ3) is 6.76. The Balaban J connectivity index is 1.26. The Hall–Kier alpha value is -4.32. The molecule has 0 amide bonds. The van der Waals surface area contributed by atoms with E-state index in [1.54, 1.807) is 60.7 Å². The van der Waals surface area contributed by atoms with Gasteiger partial charge in [-0.05, 0) is 23.3 Å². The van der Waals surface area contributed by atoms with Crippen molar-refractivity contribution in [1.29, 1.82) is 0 Å². The average Bonchev–Trinajstić information content (AvgIpc) is 3.35. The fourth-order valence-electron chi connectivity index (χ4n) is 5.62. The molecule has 0 radical (unpaired) electrons. The number of carbonyl (C=O) groups excluding carboxylic acids is 1. The van der Waals surface area contributed by atoms with Gasteiger partial charge in [-0.15, -0.1) is 0 Å². The normalized spacial score (nSPS) is 24.1. The largest absolute Gasteiger partial charge is 0.460 e. The van der Waals surface area contributed by atoms with Crippen LogP contribution in [0.3, 0.4) is 0 Å². The third-order valence-electron chi connectivity index (χ3n) is 8.08. The van der Waals surface area contributed by atoms with Gasteiger partial charge in [0, 0.05) is 18.7 Å². The van der Waals surface area contributed by atoms with E-state index in [2.05, 4.69) is 4.98 Å². The van der Waals surface area contributed by atoms with Gasteiger partial charge < -0.3 is 23.8 Å². The lowest BCUT2D eigenvalue weighted by atomic mass is 9.86. The molecule has 0 aliphatic carbocycles. The first kappa shape index (κ1) is 31.7. The second kappa shape index (κ2) is 13.6. The molecule has 4 aromatic rings. The van der Waals surface area contributed by atoms with E-state index in [0.717, 1.165) is 16.2 Å². The van der Waals surface area contributed by atoms with Gasteiger partial charge in [0.25, 0.3) is 5.56 Å². The van der Waals surface area contributed by atoms with Crippen molar-refractivity contribution in [2.45, 2.75) is 43.0 Å². The first-order valence-corrected chi connectivity index (χ1v) is 16.5. The fraction of sp³-hybridized carbons (Fsp3) is 0.303. The number of hydrogen-bond acceptors (Lipinski definition) is 10. The van der Waals surface area contributed by atoms with Crippen molar-refractivity contribution in [3.05, 3.63) is 135 Å². The van der Waals surface area contributed by atoms with E-state index in [1.165, 1.54) is 6.20 Å². The molecule has 0 bridgehead atoms. The SMILES string of the molecule is O=C(OCc1ccccc1)[C@@H](CP(=O)(OC[C@H]1O[C@@H](n2ccc(=O)[nH]c2=O)[C@@]2(CCO2)[C@@H]1O)Oc1ccccc1)c1ccccc1. The van der Waals surface area contributed by atoms with Crippen molar-refractivity contribution < 1.29 is 37.7 Å². The summed E-state index contributed by atoms with van der Waals surface area (Å²) in [7, 11) is -4.18. The Bertz CT molecular complexity index is 1790. The van der Waals surface area contributed by atoms with E-state index in [0.29, 0.717) is 18.6 Å². The van der Waals surface area contributed by atoms with E-state index < -0.39 is 61.4 Å². The highest BCUT2D eigenvalue weighted by molar-refractivity contribution is 7.54. The lowest BCUT2D eigenvalue weighted by molar-refractivity contribution is -0.227. The number of aliphatic hydroxyl groups excluding tert-OH is 1. The van der Waals surface area contributed by atoms with Gasteiger partial charge in [0.05, 0.1) is 25.3 Å². The summed E-state index contributed by atoms with van der Waals surface area (Å²) >= 11 is 0. The summed E-state index contributed by atoms with van der Waals surface area (Å²) in [5, 5.41) is 11.3. The number of hydrogen-bond donors (Lipinski definition) is 2. The predicted octanol–water partition coefficient (Wildman–Crippen LogP) is 3.77. The molecule has 1 spiro atoms. The molecule has 46 heavy (non-hydrogen) atoms. The molecule has 2 saturated heterocycles. The van der Waals surface area contributed by atoms with Crippen LogP contribution in [-0.2, 0) is 34.7 Å². The van der Waals surface area contributed by atoms with Crippen LogP contribution in [0, 0.1) is 0 Å². The summed E-state index contributed by atoms with van der Waals surface area (Å²) < 4.78 is 45.2. The van der Waals surface area contributed by atoms with Crippen LogP contribution in [0.5, 0.6) is 5.75 Å². The molecule has 12 nitrogen and oxygen atoms in total. The van der Waals surface area contributed by atoms with Crippen molar-refractivity contribution in [3.63, 3.8) is 0 Å². The van der Waals surface area contributed by atoms with Gasteiger partial charge in [-0.2, -0.15) is 0 Å². The van der Waals surface area contributed by atoms with Crippen molar-refractivity contribution in [3.8, 4) is 5.75 Å². The summed E-state index contributed by atoms with van der Waals surface area (Å²) in [4.78, 5) is 40.0. The Kier molecular flexibility index (Phi) is 9.34. The summed E-state index contributed by atoms with van der Waals surface area (Å²) in [5.74, 6) is -1.39. The molecule has 2 aliphatic heterocycles. The second-order valence-corrected chi connectivity index (χ2v) is 13.1. The Labute approximate surface area is 264 Å². The molecule has 2 aliphatic rings. The highest BCUT2D eigenvalue weighted by Gasteiger charge is 2.62. The number of aromatic amines is 1. The first-order chi connectivity index (χ1) is 22.3. The summed E-state index contributed by atoms with van der Waals surface area (Å²) in [6.07, 6.45) is -2.23. The molecule has 2 N–H and O–H groups in total. The van der Waals surface area contributed by atoms with Crippen molar-refractivity contribution >= 4 is 13.6 Å². The van der Waals surface area contributed by atoms with E-state index in [4.69, 9.17) is 23.3 Å². The molecule has 6 atom stereocenters. The van der Waals surface area contributed by atoms with Crippen LogP contribution >= 0.6 is 7.60 Å². The second-order valence-electron chi connectivity index (χ2n) is 11.1. The average molecular weight is 649 g/mol. The highest BCUT2D eigenvalue weighted by Crippen LogP contribution is 2.54. The van der Waals surface area contributed by atoms with Crippen LogP contribution in [0.15, 0.2) is 113 Å². The van der Waals surface area contributed by atoms with Crippen LogP contribution in [0.1, 0.15) is 29.7 Å². The number of aliphatic hydroxyl groups is 1. The molecule has 6 rings (SSSR count). The number of H-pyrrole nitrogens is 1. The van der Waals surface area contributed by atoms with E-state index in [1.807, 2.05) is 30.3 Å². The minimum Gasteiger partial charge on any atom is -0.460 e. The Morgan fingerprint density at radius 3 is 2.28 bits per heavy atom. The highest BCUT2D eigenvalue weighted by atomic mass is 31.2. The van der Waals surface area contributed by atoms with Gasteiger partial charge in [0.1, 0.15) is 30.2 Å². The quantitative estimate of drug-likeness (QED) is 0.171. The molecule has 1 aromatic heterocycles. The van der Waals surface area contributed by atoms with Crippen LogP contribution in [-0.4, -0.2) is 57.8 Å². The van der Waals surface area contributed by atoms with Crippen LogP contribution in [0.4, 0.5) is 0 Å². The number of esters is 1. The Morgan fingerprint density at radius 2 is 1.65 bits per heavy atom. The van der Waals surface area contributed by atoms with Gasteiger partial charge in [-0.3, -0.25) is 23.7 Å². The van der Waals surface area contributed by atoms with Gasteiger partial charge in [-0.25, -0.2) is 9.36 Å². The fourth-order valence-corrected chi connectivity index (χ4v) is 7.48. The first-order valence-electron chi connectivity index (χ1n) is 14.8. The standard InChI is InChI=1S/C33H33N2O10P/c36-28-16-18-35(32(39)34-28)31-33(17-19-42-33)29(37)27(44-31)21-43-46(40,45-25-14-8-3-9-15-25)22-26(24-12-6-2-7-13-24)30(38)41-20-23-10-4-1-5-11-23/h1-16,18,26-27,29,31,37H,17,19-22H2,(H,34,36,39)/t26-,27+,29+,31+,33+,46?/m0/s1. The topological polar surface area (TPSA) is 155 Å². The zero-order chi connectivity index (χ0) is 32.1. The minimum absolute atomic E-state index is 0.0173. The zero-order valence-electron chi connectivity index (χ0n) is 24.7. The number of ether oxygens (including phenoxy) is 3. The number of nitrogens with one attached hydrogen (secondary N) is 1. The number of rotatable bonds is 12. The molecule has 3 aromatic carbocycles. The van der Waals surface area contributed by atoms with Crippen LogP contribution in [0.2, 0.25) is 0 Å². The molecule has 13 heteroatoms. The number of carbonyl (C=O) groups is 1. The number of nitrogens with zero attached hydrogens (tertiary/aromatic N) is 1. The Morgan fingerprint density at radius 1 is 1.00 bits per heavy atom. The van der Waals surface area contributed by atoms with Crippen LogP contribution < -0.4 is 15.8 Å². The van der Waals surface area contributed by atoms with Crippen molar-refractivity contribution in [2.24, 2.45) is 0 Å². The maximum Gasteiger partial charge on any atom is 0.380 e. The van der Waals surface area contributed by atoms with Gasteiger partial charge in [0.15, 0.2) is 6.23 Å². The minimum atomic E-state index is -4.18. The molecule has 240 valence electrons. The van der Waals surface area contributed by atoms with Crippen LogP contribution in [0.25, 0.3) is 0 Å². The summed E-state index contributed by atoms with van der Waals surface area (Å²) in [5.41, 5.74) is -1.26. The summed E-state index contributed by atoms with van der Waals surface area (Å²) in [6, 6.07) is 27.5. The number of aromatic nitrogens is 2. The molecular weight excluding hydrogens is 615 g/mol. The molecule has 0 saturated carbocycles. The van der Waals surface area contributed by atoms with E-state index in [-0.39, 0.29) is 18.5 Å². The monoisotopic (exact) mass is 648 g/mol. The lowest BCUT2D eigenvalue weighted by Gasteiger charge is -2.44. The molecular formula is C33H33N2O10P. The summed E-state index contributed by atoms with van der Waals surface area (Å²) in [6.45, 7) is -0.0863. The van der Waals surface area contributed by atoms with E-state index in [9.17, 15) is 24.1 Å². The van der Waals surface area contributed by atoms with Crippen molar-refractivity contribution in [1.82, 2.24) is 9.55 Å². The number of para-hydroxylation sites is 1. The molecule has 2 fully saturated rings. The molecule has 3 heterocycles. The molecule has 1 unspecified atom stereocenters. The maximum atomic E-state index is 14.6. The van der Waals surface area contributed by atoms with Gasteiger partial charge in [-0.1, -0.05) is 78.9 Å². The lowest BCUT2D eigenvalue weighted by Crippen LogP contribution is -2.57.